The number of likely N-dealkylation sites (tertiary alicyclic amines) is 1. The third kappa shape index (κ3) is 5.03. The van der Waals surface area contributed by atoms with Gasteiger partial charge in [0.15, 0.2) is 0 Å². The van der Waals surface area contributed by atoms with E-state index in [4.69, 9.17) is 14.5 Å². The first kappa shape index (κ1) is 22.9. The lowest BCUT2D eigenvalue weighted by Crippen LogP contribution is -2.33. The maximum absolute atomic E-state index is 12.8. The van der Waals surface area contributed by atoms with Gasteiger partial charge in [0.25, 0.3) is 5.91 Å². The molecule has 0 radical (unpaired) electrons. The van der Waals surface area contributed by atoms with E-state index in [9.17, 15) is 4.79 Å². The van der Waals surface area contributed by atoms with Gasteiger partial charge in [-0.2, -0.15) is 0 Å². The molecule has 0 spiro atoms. The van der Waals surface area contributed by atoms with Gasteiger partial charge in [0.1, 0.15) is 28.7 Å². The number of benzene rings is 2. The minimum atomic E-state index is -0.0600. The Labute approximate surface area is 195 Å². The van der Waals surface area contributed by atoms with E-state index in [1.807, 2.05) is 48.5 Å². The molecule has 1 aromatic heterocycles. The fourth-order valence-corrected chi connectivity index (χ4v) is 4.38. The molecule has 0 bridgehead atoms. The number of carbonyl (C=O) groups is 1. The van der Waals surface area contributed by atoms with Gasteiger partial charge in [-0.3, -0.25) is 9.69 Å². The molecule has 1 amide bonds. The van der Waals surface area contributed by atoms with Crippen LogP contribution < -0.4 is 9.47 Å². The molecule has 7 heteroatoms. The SMILES string of the molecule is COc1ccc(OC)c(CN2CCC(c3nc(-c4ccccc4)c(C(=O)N(C)C)[nH]3)CC2)c1. The van der Waals surface area contributed by atoms with Crippen LogP contribution in [0.2, 0.25) is 0 Å². The Kier molecular flexibility index (Phi) is 6.99. The van der Waals surface area contributed by atoms with Gasteiger partial charge in [0.2, 0.25) is 0 Å². The minimum Gasteiger partial charge on any atom is -0.497 e. The number of rotatable bonds is 7. The van der Waals surface area contributed by atoms with Gasteiger partial charge in [-0.25, -0.2) is 4.98 Å². The maximum Gasteiger partial charge on any atom is 0.272 e. The van der Waals surface area contributed by atoms with Crippen molar-refractivity contribution < 1.29 is 14.3 Å². The summed E-state index contributed by atoms with van der Waals surface area (Å²) in [5, 5.41) is 0. The van der Waals surface area contributed by atoms with E-state index in [2.05, 4.69) is 9.88 Å². The summed E-state index contributed by atoms with van der Waals surface area (Å²) in [5.41, 5.74) is 3.36. The largest absolute Gasteiger partial charge is 0.497 e. The number of methoxy groups -OCH3 is 2. The zero-order valence-corrected chi connectivity index (χ0v) is 19.8. The van der Waals surface area contributed by atoms with Gasteiger partial charge < -0.3 is 19.4 Å². The topological polar surface area (TPSA) is 70.7 Å². The Morgan fingerprint density at radius 3 is 2.45 bits per heavy atom. The standard InChI is InChI=1S/C26H32N4O3/c1-29(2)26(31)24-23(18-8-6-5-7-9-18)27-25(28-24)19-12-14-30(15-13-19)17-20-16-21(32-3)10-11-22(20)33-4/h5-11,16,19H,12-15,17H2,1-4H3,(H,27,28). The summed E-state index contributed by atoms with van der Waals surface area (Å²) in [6, 6.07) is 15.8. The van der Waals surface area contributed by atoms with Crippen LogP contribution in [0.5, 0.6) is 11.5 Å². The van der Waals surface area contributed by atoms with Crippen LogP contribution in [0.15, 0.2) is 48.5 Å². The molecular weight excluding hydrogens is 416 g/mol. The van der Waals surface area contributed by atoms with Crippen LogP contribution in [0.1, 0.15) is 40.6 Å². The van der Waals surface area contributed by atoms with Crippen molar-refractivity contribution in [3.05, 3.63) is 65.6 Å². The highest BCUT2D eigenvalue weighted by Gasteiger charge is 2.27. The van der Waals surface area contributed by atoms with Gasteiger partial charge in [-0.1, -0.05) is 30.3 Å². The average Bonchev–Trinajstić information content (AvgIpc) is 3.30. The van der Waals surface area contributed by atoms with Crippen LogP contribution >= 0.6 is 0 Å². The number of amides is 1. The van der Waals surface area contributed by atoms with Crippen LogP contribution in [0.3, 0.4) is 0 Å². The van der Waals surface area contributed by atoms with Gasteiger partial charge in [-0.15, -0.1) is 0 Å². The molecule has 0 unspecified atom stereocenters. The molecule has 174 valence electrons. The van der Waals surface area contributed by atoms with Crippen molar-refractivity contribution in [1.82, 2.24) is 19.8 Å². The smallest absolute Gasteiger partial charge is 0.272 e. The van der Waals surface area contributed by atoms with E-state index >= 15 is 0 Å². The number of nitrogens with zero attached hydrogens (tertiary/aromatic N) is 3. The van der Waals surface area contributed by atoms with Crippen molar-refractivity contribution in [2.24, 2.45) is 0 Å². The Bertz CT molecular complexity index is 1090. The van der Waals surface area contributed by atoms with Crippen LogP contribution in [0.4, 0.5) is 0 Å². The molecule has 0 saturated carbocycles. The summed E-state index contributed by atoms with van der Waals surface area (Å²) in [7, 11) is 6.91. The number of imidazole rings is 1. The van der Waals surface area contributed by atoms with Crippen molar-refractivity contribution in [3.8, 4) is 22.8 Å². The van der Waals surface area contributed by atoms with E-state index in [1.165, 1.54) is 0 Å². The molecule has 1 fully saturated rings. The lowest BCUT2D eigenvalue weighted by molar-refractivity contribution is 0.0823. The number of hydrogen-bond donors (Lipinski definition) is 1. The fourth-order valence-electron chi connectivity index (χ4n) is 4.38. The first-order chi connectivity index (χ1) is 16.0. The normalized spacial score (nSPS) is 14.8. The van der Waals surface area contributed by atoms with Crippen molar-refractivity contribution in [2.45, 2.75) is 25.3 Å². The summed E-state index contributed by atoms with van der Waals surface area (Å²) < 4.78 is 10.9. The molecule has 4 rings (SSSR count). The third-order valence-corrected chi connectivity index (χ3v) is 6.25. The number of ether oxygens (including phenoxy) is 2. The van der Waals surface area contributed by atoms with E-state index < -0.39 is 0 Å². The summed E-state index contributed by atoms with van der Waals surface area (Å²) in [5.74, 6) is 2.85. The third-order valence-electron chi connectivity index (χ3n) is 6.25. The van der Waals surface area contributed by atoms with E-state index in [1.54, 1.807) is 33.2 Å². The van der Waals surface area contributed by atoms with Crippen LogP contribution in [0, 0.1) is 0 Å². The predicted octanol–water partition coefficient (Wildman–Crippen LogP) is 4.18. The first-order valence-corrected chi connectivity index (χ1v) is 11.3. The molecule has 0 aliphatic carbocycles. The van der Waals surface area contributed by atoms with Crippen molar-refractivity contribution in [2.75, 3.05) is 41.4 Å². The second kappa shape index (κ2) is 10.1. The fraction of sp³-hybridized carbons (Fsp3) is 0.385. The van der Waals surface area contributed by atoms with Crippen molar-refractivity contribution in [3.63, 3.8) is 0 Å². The quantitative estimate of drug-likeness (QED) is 0.587. The summed E-state index contributed by atoms with van der Waals surface area (Å²) in [4.78, 5) is 25.1. The lowest BCUT2D eigenvalue weighted by atomic mass is 9.95. The number of carbonyl (C=O) groups excluding carboxylic acids is 1. The van der Waals surface area contributed by atoms with E-state index in [-0.39, 0.29) is 5.91 Å². The molecular formula is C26H32N4O3. The Balaban J connectivity index is 1.50. The molecule has 0 atom stereocenters. The molecule has 1 aliphatic rings. The molecule has 2 aromatic carbocycles. The molecule has 33 heavy (non-hydrogen) atoms. The van der Waals surface area contributed by atoms with Crippen molar-refractivity contribution >= 4 is 5.91 Å². The van der Waals surface area contributed by atoms with Crippen LogP contribution in [-0.2, 0) is 6.54 Å². The number of H-pyrrole nitrogens is 1. The number of aromatic amines is 1. The zero-order chi connectivity index (χ0) is 23.4. The zero-order valence-electron chi connectivity index (χ0n) is 19.8. The molecule has 1 saturated heterocycles. The summed E-state index contributed by atoms with van der Waals surface area (Å²) in [6.07, 6.45) is 1.95. The van der Waals surface area contributed by atoms with Gasteiger partial charge in [-0.05, 0) is 44.1 Å². The summed E-state index contributed by atoms with van der Waals surface area (Å²) >= 11 is 0. The minimum absolute atomic E-state index is 0.0600. The maximum atomic E-state index is 12.8. The lowest BCUT2D eigenvalue weighted by Gasteiger charge is -2.31. The highest BCUT2D eigenvalue weighted by atomic mass is 16.5. The molecule has 3 aromatic rings. The van der Waals surface area contributed by atoms with E-state index in [0.29, 0.717) is 11.6 Å². The van der Waals surface area contributed by atoms with Gasteiger partial charge in [0, 0.05) is 37.7 Å². The Morgan fingerprint density at radius 2 is 1.82 bits per heavy atom. The number of nitrogens with one attached hydrogen (secondary N) is 1. The highest BCUT2D eigenvalue weighted by molar-refractivity contribution is 5.98. The number of piperidine rings is 1. The van der Waals surface area contributed by atoms with E-state index in [0.717, 1.165) is 66.6 Å². The second-order valence-corrected chi connectivity index (χ2v) is 8.64. The average molecular weight is 449 g/mol. The second-order valence-electron chi connectivity index (χ2n) is 8.64. The monoisotopic (exact) mass is 448 g/mol. The van der Waals surface area contributed by atoms with Crippen molar-refractivity contribution in [1.29, 1.82) is 0 Å². The highest BCUT2D eigenvalue weighted by Crippen LogP contribution is 2.32. The van der Waals surface area contributed by atoms with Gasteiger partial charge >= 0.3 is 0 Å². The number of aromatic nitrogens is 2. The Morgan fingerprint density at radius 1 is 1.09 bits per heavy atom. The Hall–Kier alpha value is -3.32. The number of hydrogen-bond acceptors (Lipinski definition) is 5. The van der Waals surface area contributed by atoms with Gasteiger partial charge in [0.05, 0.1) is 14.2 Å². The predicted molar refractivity (Wildman–Crippen MR) is 129 cm³/mol. The summed E-state index contributed by atoms with van der Waals surface area (Å²) in [6.45, 7) is 2.71. The van der Waals surface area contributed by atoms with Crippen LogP contribution in [0.25, 0.3) is 11.3 Å². The van der Waals surface area contributed by atoms with Crippen LogP contribution in [-0.4, -0.2) is 67.1 Å². The molecule has 1 N–H and O–H groups in total. The molecule has 7 nitrogen and oxygen atoms in total. The first-order valence-electron chi connectivity index (χ1n) is 11.3. The molecule has 1 aliphatic heterocycles. The molecule has 2 heterocycles.